The molecule has 45 heavy (non-hydrogen) atoms. The molecule has 0 fully saturated rings. The fourth-order valence-corrected chi connectivity index (χ4v) is 6.32. The Labute approximate surface area is 260 Å². The summed E-state index contributed by atoms with van der Waals surface area (Å²) in [5, 5.41) is 4.61. The molecule has 0 radical (unpaired) electrons. The van der Waals surface area contributed by atoms with Gasteiger partial charge < -0.3 is 4.74 Å². The van der Waals surface area contributed by atoms with E-state index in [1.807, 2.05) is 42.5 Å². The highest BCUT2D eigenvalue weighted by atomic mass is 16.5. The molecule has 0 amide bonds. The maximum Gasteiger partial charge on any atom is 0.164 e. The Morgan fingerprint density at radius 3 is 1.78 bits per heavy atom. The van der Waals surface area contributed by atoms with Crippen molar-refractivity contribution in [3.63, 3.8) is 0 Å². The van der Waals surface area contributed by atoms with Gasteiger partial charge in [0.1, 0.15) is 11.5 Å². The van der Waals surface area contributed by atoms with Gasteiger partial charge in [-0.15, -0.1) is 0 Å². The second-order valence-corrected chi connectivity index (χ2v) is 11.2. The number of fused-ring (bicyclic) bond motifs is 3. The van der Waals surface area contributed by atoms with Crippen LogP contribution in [-0.4, -0.2) is 15.0 Å². The van der Waals surface area contributed by atoms with Crippen LogP contribution in [0.2, 0.25) is 0 Å². The first-order chi connectivity index (χ1) is 22.3. The highest BCUT2D eigenvalue weighted by molar-refractivity contribution is 6.04. The summed E-state index contributed by atoms with van der Waals surface area (Å²) in [6.07, 6.45) is 0. The summed E-state index contributed by atoms with van der Waals surface area (Å²) in [7, 11) is 0. The standard InChI is InChI=1S/C41H25N3O/c1-2-10-29(11-3-1)39-42-40(44-41(43-39)35-17-6-12-27-9-4-5-15-32(27)35)30-21-19-26(20-22-30)31-23-24-33-34-16-7-13-28-14-8-18-36(38(28)34)45-37(33)25-31/h1-25H. The van der Waals surface area contributed by atoms with E-state index in [1.165, 1.54) is 16.3 Å². The van der Waals surface area contributed by atoms with Crippen molar-refractivity contribution in [1.29, 1.82) is 0 Å². The number of ether oxygens (including phenoxy) is 1. The van der Waals surface area contributed by atoms with E-state index in [2.05, 4.69) is 109 Å². The van der Waals surface area contributed by atoms with Crippen molar-refractivity contribution < 1.29 is 4.74 Å². The van der Waals surface area contributed by atoms with E-state index < -0.39 is 0 Å². The van der Waals surface area contributed by atoms with Crippen LogP contribution in [0.3, 0.4) is 0 Å². The zero-order valence-corrected chi connectivity index (χ0v) is 24.2. The molecule has 1 aliphatic heterocycles. The minimum Gasteiger partial charge on any atom is -0.456 e. The van der Waals surface area contributed by atoms with E-state index in [0.717, 1.165) is 55.7 Å². The summed E-state index contributed by atoms with van der Waals surface area (Å²) in [5.74, 6) is 3.70. The van der Waals surface area contributed by atoms with Crippen molar-refractivity contribution in [1.82, 2.24) is 15.0 Å². The Balaban J connectivity index is 1.12. The summed E-state index contributed by atoms with van der Waals surface area (Å²) in [6.45, 7) is 0. The molecule has 8 aromatic rings. The second-order valence-electron chi connectivity index (χ2n) is 11.2. The van der Waals surface area contributed by atoms with Crippen LogP contribution in [0, 0.1) is 0 Å². The van der Waals surface area contributed by atoms with Crippen LogP contribution in [-0.2, 0) is 0 Å². The van der Waals surface area contributed by atoms with E-state index in [4.69, 9.17) is 19.7 Å². The minimum absolute atomic E-state index is 0.636. The average Bonchev–Trinajstić information content (AvgIpc) is 3.11. The Bertz CT molecular complexity index is 2390. The summed E-state index contributed by atoms with van der Waals surface area (Å²) >= 11 is 0. The van der Waals surface area contributed by atoms with Crippen LogP contribution in [0.15, 0.2) is 152 Å². The van der Waals surface area contributed by atoms with Crippen LogP contribution in [0.4, 0.5) is 0 Å². The van der Waals surface area contributed by atoms with Crippen LogP contribution in [0.25, 0.3) is 78.0 Å². The molecule has 9 rings (SSSR count). The maximum absolute atomic E-state index is 6.42. The van der Waals surface area contributed by atoms with Gasteiger partial charge in [0, 0.05) is 27.6 Å². The Morgan fingerprint density at radius 2 is 0.956 bits per heavy atom. The number of aromatic nitrogens is 3. The summed E-state index contributed by atoms with van der Waals surface area (Å²) in [4.78, 5) is 14.9. The summed E-state index contributed by atoms with van der Waals surface area (Å²) in [6, 6.07) is 52.2. The molecule has 0 spiro atoms. The molecule has 0 N–H and O–H groups in total. The summed E-state index contributed by atoms with van der Waals surface area (Å²) in [5.41, 5.74) is 7.35. The molecule has 7 aromatic carbocycles. The van der Waals surface area contributed by atoms with Crippen molar-refractivity contribution in [2.45, 2.75) is 0 Å². The van der Waals surface area contributed by atoms with Crippen LogP contribution >= 0.6 is 0 Å². The van der Waals surface area contributed by atoms with E-state index in [0.29, 0.717) is 17.5 Å². The van der Waals surface area contributed by atoms with Crippen LogP contribution in [0.1, 0.15) is 0 Å². The van der Waals surface area contributed by atoms with Crippen LogP contribution < -0.4 is 4.74 Å². The quantitative estimate of drug-likeness (QED) is 0.209. The first-order valence-electron chi connectivity index (χ1n) is 15.0. The second kappa shape index (κ2) is 10.2. The van der Waals surface area contributed by atoms with Gasteiger partial charge in [-0.3, -0.25) is 0 Å². The number of hydrogen-bond acceptors (Lipinski definition) is 4. The zero-order valence-electron chi connectivity index (χ0n) is 24.2. The smallest absolute Gasteiger partial charge is 0.164 e. The van der Waals surface area contributed by atoms with Gasteiger partial charge in [-0.05, 0) is 51.0 Å². The lowest BCUT2D eigenvalue weighted by atomic mass is 9.93. The van der Waals surface area contributed by atoms with Gasteiger partial charge in [0.05, 0.1) is 0 Å². The molecule has 0 aliphatic carbocycles. The molecular weight excluding hydrogens is 550 g/mol. The van der Waals surface area contributed by atoms with Gasteiger partial charge in [-0.2, -0.15) is 0 Å². The number of nitrogens with zero attached hydrogens (tertiary/aromatic N) is 3. The van der Waals surface area contributed by atoms with Crippen molar-refractivity contribution in [3.05, 3.63) is 152 Å². The van der Waals surface area contributed by atoms with E-state index >= 15 is 0 Å². The lowest BCUT2D eigenvalue weighted by Crippen LogP contribution is -2.00. The number of benzene rings is 7. The predicted molar refractivity (Wildman–Crippen MR) is 182 cm³/mol. The first kappa shape index (κ1) is 25.4. The van der Waals surface area contributed by atoms with E-state index in [1.54, 1.807) is 0 Å². The molecule has 210 valence electrons. The maximum atomic E-state index is 6.42. The van der Waals surface area contributed by atoms with E-state index in [9.17, 15) is 0 Å². The zero-order chi connectivity index (χ0) is 29.7. The number of rotatable bonds is 4. The third-order valence-corrected chi connectivity index (χ3v) is 8.53. The lowest BCUT2D eigenvalue weighted by Gasteiger charge is -2.22. The van der Waals surface area contributed by atoms with Gasteiger partial charge in [-0.25, -0.2) is 15.0 Å². The monoisotopic (exact) mass is 575 g/mol. The highest BCUT2D eigenvalue weighted by Gasteiger charge is 2.20. The van der Waals surface area contributed by atoms with Gasteiger partial charge in [0.2, 0.25) is 0 Å². The first-order valence-corrected chi connectivity index (χ1v) is 15.0. The lowest BCUT2D eigenvalue weighted by molar-refractivity contribution is 0.487. The van der Waals surface area contributed by atoms with Crippen molar-refractivity contribution in [2.24, 2.45) is 0 Å². The van der Waals surface area contributed by atoms with E-state index in [-0.39, 0.29) is 0 Å². The predicted octanol–water partition coefficient (Wildman–Crippen LogP) is 10.6. The van der Waals surface area contributed by atoms with Gasteiger partial charge in [0.25, 0.3) is 0 Å². The van der Waals surface area contributed by atoms with Crippen LogP contribution in [0.5, 0.6) is 11.5 Å². The topological polar surface area (TPSA) is 47.9 Å². The highest BCUT2D eigenvalue weighted by Crippen LogP contribution is 2.47. The fraction of sp³-hybridized carbons (Fsp3) is 0. The number of hydrogen-bond donors (Lipinski definition) is 0. The average molecular weight is 576 g/mol. The normalized spacial score (nSPS) is 11.7. The van der Waals surface area contributed by atoms with Gasteiger partial charge in [0.15, 0.2) is 17.5 Å². The van der Waals surface area contributed by atoms with Gasteiger partial charge >= 0.3 is 0 Å². The fourth-order valence-electron chi connectivity index (χ4n) is 6.32. The molecule has 4 nitrogen and oxygen atoms in total. The third-order valence-electron chi connectivity index (χ3n) is 8.53. The molecule has 0 bridgehead atoms. The SMILES string of the molecule is c1ccc(-c2nc(-c3ccc(-c4ccc5c(c4)Oc4cccc6cccc-5c46)cc3)nc(-c3cccc4ccccc34)n2)cc1. The molecule has 0 atom stereocenters. The summed E-state index contributed by atoms with van der Waals surface area (Å²) < 4.78 is 6.42. The Kier molecular flexibility index (Phi) is 5.78. The molecule has 0 unspecified atom stereocenters. The molecule has 0 saturated carbocycles. The third kappa shape index (κ3) is 4.35. The molecule has 4 heteroatoms. The van der Waals surface area contributed by atoms with Gasteiger partial charge in [-0.1, -0.05) is 133 Å². The molecular formula is C41H25N3O. The van der Waals surface area contributed by atoms with Crippen molar-refractivity contribution in [2.75, 3.05) is 0 Å². The molecule has 0 saturated heterocycles. The molecule has 2 heterocycles. The minimum atomic E-state index is 0.636. The van der Waals surface area contributed by atoms with Crippen molar-refractivity contribution in [3.8, 4) is 67.9 Å². The largest absolute Gasteiger partial charge is 0.456 e. The molecule has 1 aliphatic rings. The van der Waals surface area contributed by atoms with Crippen molar-refractivity contribution >= 4 is 21.5 Å². The molecule has 1 aromatic heterocycles. The Hall–Kier alpha value is -6.13. The Morgan fingerprint density at radius 1 is 0.356 bits per heavy atom.